The molecule has 1 aromatic carbocycles. The number of aliphatic carboxylic acids is 1. The number of aliphatic imine (C=N–C) groups is 1. The Kier molecular flexibility index (Phi) is 7.69. The number of carboxylic acid groups (broad SMARTS) is 1. The topological polar surface area (TPSA) is 61.7 Å². The first-order chi connectivity index (χ1) is 12.4. The molecule has 2 N–H and O–H groups in total. The molecule has 4 nitrogen and oxygen atoms in total. The lowest BCUT2D eigenvalue weighted by atomic mass is 9.91. The summed E-state index contributed by atoms with van der Waals surface area (Å²) in [6.07, 6.45) is 4.70. The van der Waals surface area contributed by atoms with Crippen LogP contribution in [-0.2, 0) is 4.79 Å². The Bertz CT molecular complexity index is 684. The molecular formula is C20H27FN2O2S. The van der Waals surface area contributed by atoms with Gasteiger partial charge in [0.25, 0.3) is 0 Å². The van der Waals surface area contributed by atoms with Crippen molar-refractivity contribution >= 4 is 28.6 Å². The van der Waals surface area contributed by atoms with E-state index in [4.69, 9.17) is 0 Å². The summed E-state index contributed by atoms with van der Waals surface area (Å²) in [4.78, 5) is 16.6. The molecule has 2 rings (SSSR count). The van der Waals surface area contributed by atoms with Crippen LogP contribution in [0.5, 0.6) is 0 Å². The van der Waals surface area contributed by atoms with Gasteiger partial charge < -0.3 is 10.4 Å². The van der Waals surface area contributed by atoms with Crippen molar-refractivity contribution in [1.82, 2.24) is 5.32 Å². The lowest BCUT2D eigenvalue weighted by molar-refractivity contribution is -0.133. The minimum Gasteiger partial charge on any atom is -0.478 e. The van der Waals surface area contributed by atoms with Crippen LogP contribution in [0.2, 0.25) is 0 Å². The van der Waals surface area contributed by atoms with Crippen molar-refractivity contribution in [2.75, 3.05) is 5.75 Å². The minimum absolute atomic E-state index is 0.0503. The molecule has 0 aromatic heterocycles. The molecule has 1 aliphatic heterocycles. The first kappa shape index (κ1) is 20.5. The second kappa shape index (κ2) is 9.76. The molecule has 142 valence electrons. The normalized spacial score (nSPS) is 17.3. The highest BCUT2D eigenvalue weighted by Crippen LogP contribution is 2.30. The first-order valence-electron chi connectivity index (χ1n) is 9.15. The minimum atomic E-state index is -0.994. The van der Waals surface area contributed by atoms with Crippen LogP contribution in [0.4, 0.5) is 4.39 Å². The Labute approximate surface area is 159 Å². The number of unbranched alkanes of at least 4 members (excludes halogenated alkanes) is 3. The quantitative estimate of drug-likeness (QED) is 0.631. The molecule has 6 heteroatoms. The van der Waals surface area contributed by atoms with Crippen LogP contribution in [0, 0.1) is 11.7 Å². The van der Waals surface area contributed by atoms with Crippen molar-refractivity contribution in [3.63, 3.8) is 0 Å². The van der Waals surface area contributed by atoms with Crippen LogP contribution >= 0.6 is 11.8 Å². The van der Waals surface area contributed by atoms with Gasteiger partial charge in [0.15, 0.2) is 5.17 Å². The number of carbonyl (C=O) groups is 1. The van der Waals surface area contributed by atoms with Gasteiger partial charge in [-0.05, 0) is 42.2 Å². The average molecular weight is 379 g/mol. The molecule has 1 heterocycles. The summed E-state index contributed by atoms with van der Waals surface area (Å²) < 4.78 is 13.3. The number of carboxylic acids is 1. The molecule has 26 heavy (non-hydrogen) atoms. The Hall–Kier alpha value is -1.82. The summed E-state index contributed by atoms with van der Waals surface area (Å²) in [5.41, 5.74) is 1.41. The van der Waals surface area contributed by atoms with E-state index >= 15 is 0 Å². The molecule has 1 atom stereocenters. The van der Waals surface area contributed by atoms with E-state index in [-0.39, 0.29) is 17.3 Å². The molecule has 1 aromatic rings. The van der Waals surface area contributed by atoms with Crippen molar-refractivity contribution in [3.05, 3.63) is 41.2 Å². The maximum Gasteiger partial charge on any atom is 0.335 e. The van der Waals surface area contributed by atoms with Gasteiger partial charge in [-0.15, -0.1) is 0 Å². The second-order valence-corrected chi connectivity index (χ2v) is 7.84. The zero-order valence-electron chi connectivity index (χ0n) is 15.6. The number of benzene rings is 1. The third-order valence-electron chi connectivity index (χ3n) is 4.28. The number of rotatable bonds is 8. The van der Waals surface area contributed by atoms with Crippen molar-refractivity contribution < 1.29 is 14.3 Å². The van der Waals surface area contributed by atoms with Crippen molar-refractivity contribution in [2.45, 2.75) is 52.5 Å². The van der Waals surface area contributed by atoms with Crippen LogP contribution in [0.25, 0.3) is 5.70 Å². The van der Waals surface area contributed by atoms with Gasteiger partial charge in [0.1, 0.15) is 5.82 Å². The Morgan fingerprint density at radius 1 is 1.27 bits per heavy atom. The number of nitrogens with one attached hydrogen (secondary N) is 1. The van der Waals surface area contributed by atoms with Gasteiger partial charge in [-0.1, -0.05) is 51.8 Å². The summed E-state index contributed by atoms with van der Waals surface area (Å²) in [5, 5.41) is 13.7. The third kappa shape index (κ3) is 5.34. The van der Waals surface area contributed by atoms with Crippen LogP contribution in [-0.4, -0.2) is 28.0 Å². The molecule has 1 aliphatic rings. The molecule has 0 fully saturated rings. The van der Waals surface area contributed by atoms with Gasteiger partial charge in [0.2, 0.25) is 0 Å². The molecule has 0 aliphatic carbocycles. The Balaban J connectivity index is 2.27. The molecule has 0 spiro atoms. The molecule has 0 saturated heterocycles. The summed E-state index contributed by atoms with van der Waals surface area (Å²) >= 11 is 1.62. The van der Waals surface area contributed by atoms with E-state index in [0.29, 0.717) is 11.3 Å². The Morgan fingerprint density at radius 2 is 1.96 bits per heavy atom. The maximum absolute atomic E-state index is 13.3. The molecule has 0 saturated carbocycles. The largest absolute Gasteiger partial charge is 0.478 e. The lowest BCUT2D eigenvalue weighted by Crippen LogP contribution is -2.35. The van der Waals surface area contributed by atoms with Gasteiger partial charge >= 0.3 is 5.97 Å². The third-order valence-corrected chi connectivity index (χ3v) is 5.26. The zero-order valence-corrected chi connectivity index (χ0v) is 16.4. The van der Waals surface area contributed by atoms with Crippen molar-refractivity contribution in [2.24, 2.45) is 10.9 Å². The molecule has 0 bridgehead atoms. The number of nitrogens with zero attached hydrogens (tertiary/aromatic N) is 1. The van der Waals surface area contributed by atoms with Crippen LogP contribution in [0.1, 0.15) is 52.0 Å². The number of halogens is 1. The highest BCUT2D eigenvalue weighted by molar-refractivity contribution is 8.13. The predicted molar refractivity (Wildman–Crippen MR) is 107 cm³/mol. The maximum atomic E-state index is 13.3. The number of hydrogen-bond donors (Lipinski definition) is 2. The fourth-order valence-corrected chi connectivity index (χ4v) is 3.78. The summed E-state index contributed by atoms with van der Waals surface area (Å²) in [5.74, 6) is -0.349. The summed E-state index contributed by atoms with van der Waals surface area (Å²) in [6, 6.07) is 5.47. The van der Waals surface area contributed by atoms with E-state index in [1.165, 1.54) is 31.4 Å². The fraction of sp³-hybridized carbons (Fsp3) is 0.500. The van der Waals surface area contributed by atoms with Gasteiger partial charge in [0.05, 0.1) is 17.3 Å². The number of hydrogen-bond acceptors (Lipinski definition) is 4. The van der Waals surface area contributed by atoms with Gasteiger partial charge in [0, 0.05) is 5.75 Å². The van der Waals surface area contributed by atoms with Crippen LogP contribution < -0.4 is 5.32 Å². The zero-order chi connectivity index (χ0) is 19.1. The SMILES string of the molecule is CCCCCCSC1=NC(C(C)C)C(C(=O)O)=C(c2ccc(F)cc2)N1. The standard InChI is InChI=1S/C20H27FN2O2S/c1-4-5-6-7-12-26-20-22-17(13(2)3)16(19(24)25)18(23-20)14-8-10-15(21)11-9-14/h8-11,13,17H,4-7,12H2,1-3H3,(H,22,23)(H,24,25). The highest BCUT2D eigenvalue weighted by atomic mass is 32.2. The fourth-order valence-electron chi connectivity index (χ4n) is 2.88. The molecule has 1 unspecified atom stereocenters. The summed E-state index contributed by atoms with van der Waals surface area (Å²) in [6.45, 7) is 6.11. The molecular weight excluding hydrogens is 351 g/mol. The Morgan fingerprint density at radius 3 is 2.54 bits per heavy atom. The monoisotopic (exact) mass is 378 g/mol. The van der Waals surface area contributed by atoms with Crippen molar-refractivity contribution in [3.8, 4) is 0 Å². The lowest BCUT2D eigenvalue weighted by Gasteiger charge is -2.28. The number of thioether (sulfide) groups is 1. The smallest absolute Gasteiger partial charge is 0.335 e. The molecule has 0 amide bonds. The van der Waals surface area contributed by atoms with E-state index in [9.17, 15) is 14.3 Å². The van der Waals surface area contributed by atoms with Gasteiger partial charge in [-0.25, -0.2) is 9.18 Å². The van der Waals surface area contributed by atoms with Crippen LogP contribution in [0.3, 0.4) is 0 Å². The van der Waals surface area contributed by atoms with E-state index in [2.05, 4.69) is 17.2 Å². The van der Waals surface area contributed by atoms with Gasteiger partial charge in [-0.3, -0.25) is 4.99 Å². The van der Waals surface area contributed by atoms with Crippen LogP contribution in [0.15, 0.2) is 34.8 Å². The number of amidine groups is 1. The van der Waals surface area contributed by atoms with E-state index in [0.717, 1.165) is 17.3 Å². The average Bonchev–Trinajstić information content (AvgIpc) is 2.61. The van der Waals surface area contributed by atoms with E-state index < -0.39 is 12.0 Å². The highest BCUT2D eigenvalue weighted by Gasteiger charge is 2.32. The first-order valence-corrected chi connectivity index (χ1v) is 10.1. The molecule has 0 radical (unpaired) electrons. The van der Waals surface area contributed by atoms with Gasteiger partial charge in [-0.2, -0.15) is 0 Å². The van der Waals surface area contributed by atoms with E-state index in [1.54, 1.807) is 23.9 Å². The predicted octanol–water partition coefficient (Wildman–Crippen LogP) is 4.92. The van der Waals surface area contributed by atoms with E-state index in [1.807, 2.05) is 13.8 Å². The second-order valence-electron chi connectivity index (χ2n) is 6.76. The summed E-state index contributed by atoms with van der Waals surface area (Å²) in [7, 11) is 0. The van der Waals surface area contributed by atoms with Crippen molar-refractivity contribution in [1.29, 1.82) is 0 Å².